The lowest BCUT2D eigenvalue weighted by molar-refractivity contribution is 1.11. The molecule has 6 aromatic rings. The SMILES string of the molecule is CN(c1ccc2[nH]ncc2c1)c1nc(Nc2cccc(Sc3cccnc3)c2)nc2ccsc12. The van der Waals surface area contributed by atoms with Crippen LogP contribution in [0.5, 0.6) is 0 Å². The second-order valence-corrected chi connectivity index (χ2v) is 9.71. The third-order valence-corrected chi connectivity index (χ3v) is 7.24. The molecule has 2 N–H and O–H groups in total. The Hall–Kier alpha value is -3.95. The van der Waals surface area contributed by atoms with Gasteiger partial charge in [-0.15, -0.1) is 11.3 Å². The first-order valence-corrected chi connectivity index (χ1v) is 12.3. The Morgan fingerprint density at radius 1 is 0.971 bits per heavy atom. The van der Waals surface area contributed by atoms with E-state index in [2.05, 4.69) is 49.7 Å². The molecular formula is C25H19N7S2. The molecule has 0 aliphatic heterocycles. The quantitative estimate of drug-likeness (QED) is 0.276. The average Bonchev–Trinajstić information content (AvgIpc) is 3.53. The van der Waals surface area contributed by atoms with Gasteiger partial charge in [0.15, 0.2) is 5.82 Å². The third kappa shape index (κ3) is 4.07. The Balaban J connectivity index is 1.32. The Morgan fingerprint density at radius 3 is 2.82 bits per heavy atom. The van der Waals surface area contributed by atoms with E-state index in [4.69, 9.17) is 9.97 Å². The summed E-state index contributed by atoms with van der Waals surface area (Å²) in [6.07, 6.45) is 5.47. The fraction of sp³-hybridized carbons (Fsp3) is 0.0400. The van der Waals surface area contributed by atoms with Gasteiger partial charge in [-0.1, -0.05) is 17.8 Å². The lowest BCUT2D eigenvalue weighted by atomic mass is 10.2. The summed E-state index contributed by atoms with van der Waals surface area (Å²) in [6.45, 7) is 0. The van der Waals surface area contributed by atoms with Crippen LogP contribution in [0.1, 0.15) is 0 Å². The molecule has 166 valence electrons. The first-order chi connectivity index (χ1) is 16.7. The molecule has 0 amide bonds. The molecule has 34 heavy (non-hydrogen) atoms. The summed E-state index contributed by atoms with van der Waals surface area (Å²) in [4.78, 5) is 18.1. The van der Waals surface area contributed by atoms with Crippen LogP contribution in [-0.2, 0) is 0 Å². The maximum atomic E-state index is 4.90. The van der Waals surface area contributed by atoms with Gasteiger partial charge in [-0.3, -0.25) is 10.1 Å². The number of benzene rings is 2. The molecule has 0 aliphatic rings. The lowest BCUT2D eigenvalue weighted by Crippen LogP contribution is -2.12. The zero-order valence-corrected chi connectivity index (χ0v) is 19.8. The normalized spacial score (nSPS) is 11.2. The van der Waals surface area contributed by atoms with E-state index < -0.39 is 0 Å². The number of rotatable bonds is 6. The number of nitrogens with one attached hydrogen (secondary N) is 2. The molecule has 9 heteroatoms. The summed E-state index contributed by atoms with van der Waals surface area (Å²) >= 11 is 3.30. The van der Waals surface area contributed by atoms with E-state index in [9.17, 15) is 0 Å². The van der Waals surface area contributed by atoms with E-state index in [0.29, 0.717) is 5.95 Å². The topological polar surface area (TPSA) is 82.6 Å². The van der Waals surface area contributed by atoms with Gasteiger partial charge in [0.05, 0.1) is 21.9 Å². The highest BCUT2D eigenvalue weighted by Gasteiger charge is 2.15. The molecule has 6 rings (SSSR count). The Labute approximate surface area is 203 Å². The monoisotopic (exact) mass is 481 g/mol. The number of hydrogen-bond donors (Lipinski definition) is 2. The van der Waals surface area contributed by atoms with Crippen LogP contribution in [0.2, 0.25) is 0 Å². The van der Waals surface area contributed by atoms with E-state index in [1.165, 1.54) is 0 Å². The van der Waals surface area contributed by atoms with E-state index >= 15 is 0 Å². The predicted molar refractivity (Wildman–Crippen MR) is 140 cm³/mol. The maximum absolute atomic E-state index is 4.90. The van der Waals surface area contributed by atoms with E-state index in [1.54, 1.807) is 29.3 Å². The highest BCUT2D eigenvalue weighted by Crippen LogP contribution is 2.35. The van der Waals surface area contributed by atoms with E-state index in [1.807, 2.05) is 61.2 Å². The number of hydrogen-bond acceptors (Lipinski definition) is 8. The van der Waals surface area contributed by atoms with Gasteiger partial charge >= 0.3 is 0 Å². The molecule has 0 atom stereocenters. The minimum absolute atomic E-state index is 0.556. The molecule has 0 spiro atoms. The predicted octanol–water partition coefficient (Wildman–Crippen LogP) is 6.63. The van der Waals surface area contributed by atoms with Crippen molar-refractivity contribution in [2.24, 2.45) is 0 Å². The molecule has 4 heterocycles. The smallest absolute Gasteiger partial charge is 0.229 e. The van der Waals surface area contributed by atoms with Crippen LogP contribution in [0.25, 0.3) is 21.1 Å². The Bertz CT molecular complexity index is 1590. The van der Waals surface area contributed by atoms with Crippen molar-refractivity contribution in [1.29, 1.82) is 0 Å². The van der Waals surface area contributed by atoms with Crippen LogP contribution in [0, 0.1) is 0 Å². The van der Waals surface area contributed by atoms with Crippen molar-refractivity contribution in [3.05, 3.63) is 84.6 Å². The van der Waals surface area contributed by atoms with Crippen LogP contribution < -0.4 is 10.2 Å². The number of fused-ring (bicyclic) bond motifs is 2. The van der Waals surface area contributed by atoms with Crippen molar-refractivity contribution in [3.63, 3.8) is 0 Å². The van der Waals surface area contributed by atoms with E-state index in [0.717, 1.165) is 48.1 Å². The van der Waals surface area contributed by atoms with Gasteiger partial charge in [-0.05, 0) is 60.0 Å². The lowest BCUT2D eigenvalue weighted by Gasteiger charge is -2.20. The molecular weight excluding hydrogens is 462 g/mol. The number of anilines is 4. The fourth-order valence-corrected chi connectivity index (χ4v) is 5.42. The fourth-order valence-electron chi connectivity index (χ4n) is 3.70. The van der Waals surface area contributed by atoms with Crippen molar-refractivity contribution in [2.75, 3.05) is 17.3 Å². The summed E-state index contributed by atoms with van der Waals surface area (Å²) < 4.78 is 1.04. The third-order valence-electron chi connectivity index (χ3n) is 5.37. The van der Waals surface area contributed by atoms with Crippen LogP contribution in [0.4, 0.5) is 23.1 Å². The van der Waals surface area contributed by atoms with Crippen LogP contribution in [0.3, 0.4) is 0 Å². The van der Waals surface area contributed by atoms with Crippen LogP contribution in [0.15, 0.2) is 94.4 Å². The van der Waals surface area contributed by atoms with Gasteiger partial charge in [0.25, 0.3) is 0 Å². The maximum Gasteiger partial charge on any atom is 0.229 e. The second-order valence-electron chi connectivity index (χ2n) is 7.65. The summed E-state index contributed by atoms with van der Waals surface area (Å²) in [5.41, 5.74) is 3.88. The van der Waals surface area contributed by atoms with Crippen molar-refractivity contribution in [3.8, 4) is 0 Å². The number of thiophene rings is 1. The first kappa shape index (κ1) is 20.6. The Kier molecular flexibility index (Phi) is 5.32. The molecule has 0 fully saturated rings. The second kappa shape index (κ2) is 8.77. The van der Waals surface area contributed by atoms with Crippen molar-refractivity contribution < 1.29 is 0 Å². The summed E-state index contributed by atoms with van der Waals surface area (Å²) in [5.74, 6) is 1.41. The van der Waals surface area contributed by atoms with Crippen molar-refractivity contribution in [2.45, 2.75) is 9.79 Å². The van der Waals surface area contributed by atoms with Gasteiger partial charge in [0.2, 0.25) is 5.95 Å². The molecule has 7 nitrogen and oxygen atoms in total. The van der Waals surface area contributed by atoms with Gasteiger partial charge in [-0.25, -0.2) is 4.98 Å². The van der Waals surface area contributed by atoms with E-state index in [-0.39, 0.29) is 0 Å². The first-order valence-electron chi connectivity index (χ1n) is 10.6. The van der Waals surface area contributed by atoms with Crippen molar-refractivity contribution in [1.82, 2.24) is 25.1 Å². The average molecular weight is 482 g/mol. The zero-order chi connectivity index (χ0) is 22.9. The molecule has 2 aromatic carbocycles. The number of aromatic nitrogens is 5. The minimum Gasteiger partial charge on any atom is -0.328 e. The Morgan fingerprint density at radius 2 is 1.91 bits per heavy atom. The van der Waals surface area contributed by atoms with Crippen LogP contribution >= 0.6 is 23.1 Å². The number of aromatic amines is 1. The van der Waals surface area contributed by atoms with Crippen LogP contribution in [-0.4, -0.2) is 32.2 Å². The molecule has 0 radical (unpaired) electrons. The van der Waals surface area contributed by atoms with Gasteiger partial charge in [0.1, 0.15) is 0 Å². The van der Waals surface area contributed by atoms with Gasteiger partial charge < -0.3 is 10.2 Å². The molecule has 4 aromatic heterocycles. The summed E-state index contributed by atoms with van der Waals surface area (Å²) in [6, 6.07) is 20.4. The number of pyridine rings is 1. The largest absolute Gasteiger partial charge is 0.328 e. The molecule has 0 aliphatic carbocycles. The highest BCUT2D eigenvalue weighted by atomic mass is 32.2. The molecule has 0 unspecified atom stereocenters. The zero-order valence-electron chi connectivity index (χ0n) is 18.1. The minimum atomic E-state index is 0.556. The standard InChI is InChI=1S/C25H19N7S2/c1-32(18-7-8-21-16(12-18)14-27-31-21)24-23-22(9-11-33-23)29-25(30-24)28-17-4-2-5-19(13-17)34-20-6-3-10-26-15-20/h2-15H,1H3,(H,27,31)(H,28,29,30). The molecule has 0 saturated carbocycles. The van der Waals surface area contributed by atoms with Gasteiger partial charge in [0, 0.05) is 46.0 Å². The molecule has 0 bridgehead atoms. The summed E-state index contributed by atoms with van der Waals surface area (Å²) in [7, 11) is 2.03. The highest BCUT2D eigenvalue weighted by molar-refractivity contribution is 7.99. The van der Waals surface area contributed by atoms with Crippen molar-refractivity contribution >= 4 is 67.4 Å². The number of nitrogens with zero attached hydrogens (tertiary/aromatic N) is 5. The molecule has 0 saturated heterocycles. The van der Waals surface area contributed by atoms with Gasteiger partial charge in [-0.2, -0.15) is 10.1 Å². The number of H-pyrrole nitrogens is 1. The summed E-state index contributed by atoms with van der Waals surface area (Å²) in [5, 5.41) is 13.6.